The van der Waals surface area contributed by atoms with Crippen molar-refractivity contribution in [3.63, 3.8) is 0 Å². The first-order chi connectivity index (χ1) is 4.18. The Kier molecular flexibility index (Phi) is 2.09. The van der Waals surface area contributed by atoms with E-state index in [4.69, 9.17) is 4.74 Å². The summed E-state index contributed by atoms with van der Waals surface area (Å²) < 4.78 is 5.47. The summed E-state index contributed by atoms with van der Waals surface area (Å²) in [5, 5.41) is 0. The first-order valence-electron chi connectivity index (χ1n) is 3.39. The number of ether oxygens (including phenoxy) is 1. The Labute approximate surface area is 56.8 Å². The van der Waals surface area contributed by atoms with Crippen LogP contribution in [-0.2, 0) is 4.74 Å². The first-order valence-corrected chi connectivity index (χ1v) is 3.39. The molecular formula is C7H14NO. The van der Waals surface area contributed by atoms with Crippen molar-refractivity contribution in [3.8, 4) is 0 Å². The van der Waals surface area contributed by atoms with Gasteiger partial charge in [-0.3, -0.25) is 4.90 Å². The monoisotopic (exact) mass is 128 g/mol. The topological polar surface area (TPSA) is 12.5 Å². The van der Waals surface area contributed by atoms with Crippen LogP contribution in [0.3, 0.4) is 0 Å². The molecule has 0 aromatic carbocycles. The van der Waals surface area contributed by atoms with Crippen LogP contribution in [0, 0.1) is 7.05 Å². The molecule has 9 heavy (non-hydrogen) atoms. The Morgan fingerprint density at radius 1 is 1.33 bits per heavy atom. The van der Waals surface area contributed by atoms with E-state index in [9.17, 15) is 0 Å². The molecule has 1 rings (SSSR count). The maximum absolute atomic E-state index is 5.47. The van der Waals surface area contributed by atoms with Gasteiger partial charge in [0.2, 0.25) is 0 Å². The van der Waals surface area contributed by atoms with Gasteiger partial charge < -0.3 is 4.74 Å². The molecule has 1 fully saturated rings. The van der Waals surface area contributed by atoms with Crippen LogP contribution in [-0.4, -0.2) is 30.2 Å². The number of rotatable bonds is 0. The van der Waals surface area contributed by atoms with Crippen LogP contribution >= 0.6 is 0 Å². The van der Waals surface area contributed by atoms with Crippen LogP contribution in [0.25, 0.3) is 0 Å². The summed E-state index contributed by atoms with van der Waals surface area (Å²) in [6.07, 6.45) is 0.706. The van der Waals surface area contributed by atoms with Gasteiger partial charge >= 0.3 is 0 Å². The Morgan fingerprint density at radius 2 is 1.78 bits per heavy atom. The zero-order valence-electron chi connectivity index (χ0n) is 6.13. The average Bonchev–Trinajstić information content (AvgIpc) is 1.59. The molecule has 0 amide bonds. The number of hydrogen-bond donors (Lipinski definition) is 0. The van der Waals surface area contributed by atoms with Crippen molar-refractivity contribution in [2.45, 2.75) is 26.1 Å². The average molecular weight is 128 g/mol. The van der Waals surface area contributed by atoms with Gasteiger partial charge in [0.05, 0.1) is 12.2 Å². The summed E-state index contributed by atoms with van der Waals surface area (Å²) in [5.41, 5.74) is 0. The van der Waals surface area contributed by atoms with Crippen LogP contribution < -0.4 is 0 Å². The van der Waals surface area contributed by atoms with E-state index >= 15 is 0 Å². The van der Waals surface area contributed by atoms with Gasteiger partial charge in [0, 0.05) is 20.1 Å². The molecule has 1 saturated heterocycles. The van der Waals surface area contributed by atoms with Crippen molar-refractivity contribution in [2.24, 2.45) is 0 Å². The van der Waals surface area contributed by atoms with Gasteiger partial charge in [0.25, 0.3) is 0 Å². The molecule has 2 atom stereocenters. The Bertz CT molecular complexity index is 69.9. The molecule has 1 aliphatic rings. The second-order valence-electron chi connectivity index (χ2n) is 2.79. The highest BCUT2D eigenvalue weighted by molar-refractivity contribution is 4.71. The highest BCUT2D eigenvalue weighted by atomic mass is 16.5. The van der Waals surface area contributed by atoms with Gasteiger partial charge in [0.1, 0.15) is 0 Å². The predicted octanol–water partition coefficient (Wildman–Crippen LogP) is 0.887. The Hall–Kier alpha value is -0.0800. The maximum Gasteiger partial charge on any atom is 0.0678 e. The van der Waals surface area contributed by atoms with E-state index < -0.39 is 0 Å². The molecule has 0 aromatic rings. The fourth-order valence-corrected chi connectivity index (χ4v) is 1.28. The lowest BCUT2D eigenvalue weighted by Gasteiger charge is -2.32. The van der Waals surface area contributed by atoms with Crippen LogP contribution in [0.5, 0.6) is 0 Å². The second kappa shape index (κ2) is 2.67. The van der Waals surface area contributed by atoms with Crippen LogP contribution in [0.4, 0.5) is 0 Å². The summed E-state index contributed by atoms with van der Waals surface area (Å²) in [6.45, 7) is 6.08. The van der Waals surface area contributed by atoms with Crippen molar-refractivity contribution >= 4 is 0 Å². The van der Waals surface area contributed by atoms with Gasteiger partial charge in [-0.25, -0.2) is 0 Å². The highest BCUT2D eigenvalue weighted by Gasteiger charge is 2.18. The van der Waals surface area contributed by atoms with E-state index in [1.54, 1.807) is 0 Å². The second-order valence-corrected chi connectivity index (χ2v) is 2.79. The molecule has 2 heteroatoms. The van der Waals surface area contributed by atoms with Gasteiger partial charge in [-0.2, -0.15) is 0 Å². The molecule has 53 valence electrons. The lowest BCUT2D eigenvalue weighted by atomic mass is 10.2. The molecule has 1 radical (unpaired) electrons. The summed E-state index contributed by atoms with van der Waals surface area (Å²) >= 11 is 0. The summed E-state index contributed by atoms with van der Waals surface area (Å²) in [5.74, 6) is 0. The number of morpholine rings is 1. The van der Waals surface area contributed by atoms with Crippen LogP contribution in [0.1, 0.15) is 13.8 Å². The van der Waals surface area contributed by atoms with E-state index in [1.807, 2.05) is 0 Å². The van der Waals surface area contributed by atoms with Crippen molar-refractivity contribution < 1.29 is 4.74 Å². The molecule has 1 heterocycles. The quantitative estimate of drug-likeness (QED) is 0.480. The molecule has 0 spiro atoms. The van der Waals surface area contributed by atoms with Crippen LogP contribution in [0.2, 0.25) is 0 Å². The van der Waals surface area contributed by atoms with Gasteiger partial charge in [0.15, 0.2) is 0 Å². The third-order valence-electron chi connectivity index (χ3n) is 1.50. The SMILES string of the molecule is [CH2]N1C[C@@H](C)O[C@H](C)C1. The van der Waals surface area contributed by atoms with E-state index in [0.717, 1.165) is 13.1 Å². The van der Waals surface area contributed by atoms with Gasteiger partial charge in [-0.05, 0) is 13.8 Å². The minimum absolute atomic E-state index is 0.353. The fourth-order valence-electron chi connectivity index (χ4n) is 1.28. The minimum atomic E-state index is 0.353. The van der Waals surface area contributed by atoms with Gasteiger partial charge in [-0.1, -0.05) is 0 Å². The molecule has 1 aliphatic heterocycles. The van der Waals surface area contributed by atoms with Gasteiger partial charge in [-0.15, -0.1) is 0 Å². The number of hydrogen-bond acceptors (Lipinski definition) is 2. The molecule has 0 aromatic heterocycles. The fraction of sp³-hybridized carbons (Fsp3) is 0.857. The van der Waals surface area contributed by atoms with Crippen molar-refractivity contribution in [2.75, 3.05) is 13.1 Å². The van der Waals surface area contributed by atoms with Crippen LogP contribution in [0.15, 0.2) is 0 Å². The standard InChI is InChI=1S/C7H14NO/c1-6-4-8(3)5-7(2)9-6/h6-7H,3-5H2,1-2H3/t6-,7-/m1/s1. The largest absolute Gasteiger partial charge is 0.373 e. The van der Waals surface area contributed by atoms with Crippen molar-refractivity contribution in [1.29, 1.82) is 0 Å². The molecular weight excluding hydrogens is 114 g/mol. The summed E-state index contributed by atoms with van der Waals surface area (Å²) in [6, 6.07) is 0. The molecule has 0 aliphatic carbocycles. The lowest BCUT2D eigenvalue weighted by molar-refractivity contribution is -0.0550. The third-order valence-corrected chi connectivity index (χ3v) is 1.50. The lowest BCUT2D eigenvalue weighted by Crippen LogP contribution is -2.41. The van der Waals surface area contributed by atoms with E-state index in [2.05, 4.69) is 25.8 Å². The third kappa shape index (κ3) is 1.95. The maximum atomic E-state index is 5.47. The molecule has 0 N–H and O–H groups in total. The van der Waals surface area contributed by atoms with E-state index in [0.29, 0.717) is 12.2 Å². The predicted molar refractivity (Wildman–Crippen MR) is 36.9 cm³/mol. The Morgan fingerprint density at radius 3 is 2.11 bits per heavy atom. The van der Waals surface area contributed by atoms with E-state index in [1.165, 1.54) is 0 Å². The smallest absolute Gasteiger partial charge is 0.0678 e. The van der Waals surface area contributed by atoms with Crippen molar-refractivity contribution in [1.82, 2.24) is 4.90 Å². The Balaban J connectivity index is 2.34. The zero-order chi connectivity index (χ0) is 6.85. The van der Waals surface area contributed by atoms with E-state index in [-0.39, 0.29) is 0 Å². The van der Waals surface area contributed by atoms with Crippen molar-refractivity contribution in [3.05, 3.63) is 7.05 Å². The highest BCUT2D eigenvalue weighted by Crippen LogP contribution is 2.08. The summed E-state index contributed by atoms with van der Waals surface area (Å²) in [7, 11) is 3.85. The normalized spacial score (nSPS) is 39.0. The summed E-state index contributed by atoms with van der Waals surface area (Å²) in [4.78, 5) is 2.05. The molecule has 2 nitrogen and oxygen atoms in total. The first kappa shape index (κ1) is 7.03. The molecule has 0 unspecified atom stereocenters. The minimum Gasteiger partial charge on any atom is -0.373 e. The number of nitrogens with zero attached hydrogens (tertiary/aromatic N) is 1. The zero-order valence-corrected chi connectivity index (χ0v) is 6.13. The molecule has 0 bridgehead atoms. The molecule has 0 saturated carbocycles.